The van der Waals surface area contributed by atoms with Gasteiger partial charge in [-0.05, 0) is 137 Å². The molecule has 23 heteroatoms. The van der Waals surface area contributed by atoms with Gasteiger partial charge in [0.25, 0.3) is 5.91 Å². The number of nitrogens with zero attached hydrogens (tertiary/aromatic N) is 6. The predicted octanol–water partition coefficient (Wildman–Crippen LogP) is 9.23. The van der Waals surface area contributed by atoms with Gasteiger partial charge in [-0.1, -0.05) is 104 Å². The van der Waals surface area contributed by atoms with Crippen LogP contribution in [0.2, 0.25) is 0 Å². The topological polar surface area (TPSA) is 281 Å². The van der Waals surface area contributed by atoms with Crippen molar-refractivity contribution in [3.8, 4) is 18.1 Å². The molecule has 2 saturated heterocycles. The Morgan fingerprint density at radius 1 is 0.730 bits per heavy atom. The Labute approximate surface area is 587 Å². The SMILES string of the molecule is C#CCCC1(CCOC)N=N1.COc1cc(CC[C@H]2OC(=O)C3CCCCN3C(=O)C(=O)C(C)(C)COC(=O)C=CCCN(C)C(=O)[C@H](CC(C)C)N(C)C(=O)[C@@H]3CCCN3C(=O)[C@H](Cc3ccc(C)cc3)NC(=O)[C@H](c3ccccc3)NC(=O)CCC(=O)Nc3cccc2c3)ccc1C. The summed E-state index contributed by atoms with van der Waals surface area (Å²) < 4.78 is 22.4. The second-order valence-corrected chi connectivity index (χ2v) is 27.3. The van der Waals surface area contributed by atoms with Gasteiger partial charge in [0.15, 0.2) is 5.66 Å². The van der Waals surface area contributed by atoms with Crippen LogP contribution in [0.4, 0.5) is 5.69 Å². The number of hydrogen-bond donors (Lipinski definition) is 3. The minimum absolute atomic E-state index is 0.0244. The van der Waals surface area contributed by atoms with Gasteiger partial charge in [0.1, 0.15) is 48.7 Å². The first-order chi connectivity index (χ1) is 47.8. The normalized spacial score (nSPS) is 22.5. The number of amides is 7. The van der Waals surface area contributed by atoms with Gasteiger partial charge in [-0.2, -0.15) is 10.2 Å². The third-order valence-corrected chi connectivity index (χ3v) is 18.5. The maximum atomic E-state index is 15.0. The highest BCUT2D eigenvalue weighted by molar-refractivity contribution is 6.38. The molecule has 4 heterocycles. The van der Waals surface area contributed by atoms with Gasteiger partial charge in [0.05, 0.1) is 19.1 Å². The molecule has 3 N–H and O–H groups in total. The molecule has 0 aliphatic carbocycles. The van der Waals surface area contributed by atoms with E-state index in [1.54, 1.807) is 82.9 Å². The predicted molar refractivity (Wildman–Crippen MR) is 377 cm³/mol. The zero-order valence-corrected chi connectivity index (χ0v) is 59.6. The highest BCUT2D eigenvalue weighted by Crippen LogP contribution is 2.37. The number of carbonyl (C=O) groups excluding carboxylic acids is 10. The van der Waals surface area contributed by atoms with Crippen molar-refractivity contribution in [3.05, 3.63) is 143 Å². The van der Waals surface area contributed by atoms with Crippen molar-refractivity contribution in [3.63, 3.8) is 0 Å². The first-order valence-corrected chi connectivity index (χ1v) is 34.6. The zero-order chi connectivity index (χ0) is 72.7. The van der Waals surface area contributed by atoms with Crippen molar-refractivity contribution in [2.75, 3.05) is 66.5 Å². The van der Waals surface area contributed by atoms with Gasteiger partial charge < -0.3 is 54.5 Å². The van der Waals surface area contributed by atoms with Crippen molar-refractivity contribution in [2.45, 2.75) is 180 Å². The molecule has 2 fully saturated rings. The maximum Gasteiger partial charge on any atom is 0.330 e. The number of carbonyl (C=O) groups is 10. The third kappa shape index (κ3) is 22.2. The van der Waals surface area contributed by atoms with Crippen molar-refractivity contribution < 1.29 is 66.9 Å². The fourth-order valence-corrected chi connectivity index (χ4v) is 12.4. The number of fused-ring (bicyclic) bond motifs is 4. The summed E-state index contributed by atoms with van der Waals surface area (Å²) in [5.41, 5.74) is 3.14. The number of likely N-dealkylation sites (N-methyl/N-ethyl adjacent to an activating group) is 2. The van der Waals surface area contributed by atoms with E-state index in [1.165, 1.54) is 45.6 Å². The first kappa shape index (κ1) is 77.8. The van der Waals surface area contributed by atoms with Gasteiger partial charge in [-0.15, -0.1) is 12.3 Å². The minimum atomic E-state index is -1.50. The van der Waals surface area contributed by atoms with Crippen LogP contribution < -0.4 is 20.7 Å². The number of nitrogens with one attached hydrogen (secondary N) is 3. The Balaban J connectivity index is 0.00000116. The van der Waals surface area contributed by atoms with E-state index in [4.69, 9.17) is 25.4 Å². The Bertz CT molecular complexity index is 3630. The second-order valence-electron chi connectivity index (χ2n) is 27.3. The molecule has 0 aromatic heterocycles. The Morgan fingerprint density at radius 2 is 1.42 bits per heavy atom. The molecule has 536 valence electrons. The van der Waals surface area contributed by atoms with Crippen LogP contribution in [-0.4, -0.2) is 170 Å². The lowest BCUT2D eigenvalue weighted by atomic mass is 9.87. The highest BCUT2D eigenvalue weighted by atomic mass is 16.5. The number of cyclic esters (lactones) is 2. The molecule has 1 unspecified atom stereocenters. The van der Waals surface area contributed by atoms with Crippen LogP contribution in [-0.2, 0) is 75.0 Å². The van der Waals surface area contributed by atoms with E-state index in [9.17, 15) is 43.2 Å². The number of benzene rings is 4. The summed E-state index contributed by atoms with van der Waals surface area (Å²) in [7, 11) is 6.41. The average Bonchev–Trinajstić information content (AvgIpc) is 1.23. The van der Waals surface area contributed by atoms with Crippen LogP contribution in [0.25, 0.3) is 0 Å². The number of terminal acetylenes is 1. The number of hydrogen-bond acceptors (Lipinski definition) is 16. The number of esters is 2. The van der Waals surface area contributed by atoms with Crippen LogP contribution in [0.5, 0.6) is 5.75 Å². The van der Waals surface area contributed by atoms with E-state index in [2.05, 4.69) is 32.1 Å². The number of Topliss-reactive ketones (excluding diaryl/α,β-unsaturated/α-hetero) is 1. The molecule has 8 rings (SSSR count). The monoisotopic (exact) mass is 1370 g/mol. The van der Waals surface area contributed by atoms with E-state index in [0.29, 0.717) is 67.7 Å². The van der Waals surface area contributed by atoms with Crippen LogP contribution in [0.15, 0.2) is 119 Å². The molecule has 0 saturated carbocycles. The van der Waals surface area contributed by atoms with Gasteiger partial charge in [-0.3, -0.25) is 38.4 Å². The summed E-state index contributed by atoms with van der Waals surface area (Å²) in [4.78, 5) is 148. The van der Waals surface area contributed by atoms with E-state index in [1.807, 2.05) is 70.2 Å². The van der Waals surface area contributed by atoms with Gasteiger partial charge in [0.2, 0.25) is 41.2 Å². The molecule has 100 heavy (non-hydrogen) atoms. The molecule has 4 aromatic carbocycles. The molecule has 7 amide bonds. The maximum absolute atomic E-state index is 15.0. The van der Waals surface area contributed by atoms with Crippen LogP contribution in [0, 0.1) is 37.5 Å². The van der Waals surface area contributed by atoms with E-state index >= 15 is 4.79 Å². The van der Waals surface area contributed by atoms with Gasteiger partial charge in [0, 0.05) is 91.1 Å². The molecule has 4 aliphatic heterocycles. The molecular weight excluding hydrogens is 1270 g/mol. The number of rotatable bonds is 14. The second kappa shape index (κ2) is 37.0. The smallest absolute Gasteiger partial charge is 0.330 e. The molecule has 0 radical (unpaired) electrons. The zero-order valence-electron chi connectivity index (χ0n) is 59.6. The summed E-state index contributed by atoms with van der Waals surface area (Å²) in [5.74, 6) is -3.24. The van der Waals surface area contributed by atoms with Crippen molar-refractivity contribution >= 4 is 64.8 Å². The molecule has 2 bridgehead atoms. The van der Waals surface area contributed by atoms with Gasteiger partial charge in [-0.25, -0.2) is 9.59 Å². The quantitative estimate of drug-likeness (QED) is 0.0603. The van der Waals surface area contributed by atoms with Crippen molar-refractivity contribution in [2.24, 2.45) is 21.6 Å². The molecular formula is C77H99N9O14. The molecule has 0 spiro atoms. The summed E-state index contributed by atoms with van der Waals surface area (Å²) >= 11 is 0. The van der Waals surface area contributed by atoms with E-state index in [-0.39, 0.29) is 75.6 Å². The number of ether oxygens (including phenoxy) is 4. The number of anilines is 1. The number of piperidine rings is 1. The van der Waals surface area contributed by atoms with Crippen molar-refractivity contribution in [1.29, 1.82) is 0 Å². The molecule has 23 nitrogen and oxygen atoms in total. The lowest BCUT2D eigenvalue weighted by Gasteiger charge is -2.36. The van der Waals surface area contributed by atoms with E-state index in [0.717, 1.165) is 41.5 Å². The standard InChI is InChI=1S/C69H87N7O13.C8H12N2O/c1-44(2)39-55-65(83)73(7)36-15-14-25-60(79)88-43-69(5,6)62(80)67(85)76-37-16-13-23-54(76)68(86)89-56(33-32-48-31-28-46(4)57(41-48)87-9)50-21-17-22-51(42-50)70-58(77)34-35-59(78)72-61(49-19-11-10-12-20-49)63(81)71-52(40-47-29-26-45(3)27-30-47)64(82)75-38-18-24-53(75)66(84)74(55)8;1-3-4-5-8(9-10-8)6-7-11-2/h10-12,14,17,19-22,25-31,41-42,44,52-56,61H,13,15-16,18,23-24,32-40,43H2,1-9H3,(H,70,77)(H,71,81)(H,72,78);1H,4-7H2,2H3/t52-,53-,54?,55-,56+,61-;/m0./s1. The summed E-state index contributed by atoms with van der Waals surface area (Å²) in [6.45, 7) is 11.4. The Kier molecular flexibility index (Phi) is 28.8. The van der Waals surface area contributed by atoms with Gasteiger partial charge >= 0.3 is 11.9 Å². The van der Waals surface area contributed by atoms with Crippen molar-refractivity contribution in [1.82, 2.24) is 30.2 Å². The molecule has 6 atom stereocenters. The number of ketones is 1. The minimum Gasteiger partial charge on any atom is -0.496 e. The first-order valence-electron chi connectivity index (χ1n) is 34.6. The lowest BCUT2D eigenvalue weighted by molar-refractivity contribution is -0.165. The van der Waals surface area contributed by atoms with Crippen LogP contribution >= 0.6 is 0 Å². The Hall–Kier alpha value is -9.56. The third-order valence-electron chi connectivity index (χ3n) is 18.5. The van der Waals surface area contributed by atoms with E-state index < -0.39 is 101 Å². The highest BCUT2D eigenvalue weighted by Gasteiger charge is 2.45. The average molecular weight is 1370 g/mol. The van der Waals surface area contributed by atoms with Crippen LogP contribution in [0.1, 0.15) is 157 Å². The number of aryl methyl sites for hydroxylation is 3. The largest absolute Gasteiger partial charge is 0.496 e. The lowest BCUT2D eigenvalue weighted by Crippen LogP contribution is -2.58. The van der Waals surface area contributed by atoms with Crippen LogP contribution in [0.3, 0.4) is 0 Å². The summed E-state index contributed by atoms with van der Waals surface area (Å²) in [6, 6.07) is 23.0. The summed E-state index contributed by atoms with van der Waals surface area (Å²) in [6.07, 6.45) is 12.1. The fourth-order valence-electron chi connectivity index (χ4n) is 12.4. The molecule has 4 aliphatic rings. The Morgan fingerprint density at radius 3 is 2.11 bits per heavy atom. The number of methoxy groups -OCH3 is 2. The fraction of sp³-hybridized carbons (Fsp3) is 0.506. The summed E-state index contributed by atoms with van der Waals surface area (Å²) in [5, 5.41) is 16.5. The molecule has 4 aromatic rings.